The Morgan fingerprint density at radius 2 is 1.66 bits per heavy atom. The molecule has 1 amide bonds. The second-order valence-electron chi connectivity index (χ2n) is 6.68. The number of carbonyl (C=O) groups is 1. The molecular weight excluding hydrogens is 440 g/mol. The minimum atomic E-state index is -4.61. The second-order valence-corrected chi connectivity index (χ2v) is 6.68. The van der Waals surface area contributed by atoms with Crippen LogP contribution in [0.5, 0.6) is 0 Å². The molecule has 0 aromatic carbocycles. The number of amides is 1. The zero-order valence-corrected chi connectivity index (χ0v) is 16.1. The van der Waals surface area contributed by atoms with E-state index in [2.05, 4.69) is 20.3 Å². The normalized spacial score (nSPS) is 11.9. The van der Waals surface area contributed by atoms with E-state index in [1.165, 1.54) is 6.07 Å². The number of nitrogens with zero attached hydrogens (tertiary/aromatic N) is 3. The van der Waals surface area contributed by atoms with Gasteiger partial charge in [0.1, 0.15) is 0 Å². The van der Waals surface area contributed by atoms with Gasteiger partial charge in [-0.3, -0.25) is 19.7 Å². The third-order valence-electron chi connectivity index (χ3n) is 4.41. The average Bonchev–Trinajstić information content (AvgIpc) is 2.71. The van der Waals surface area contributed by atoms with Gasteiger partial charge in [0.2, 0.25) is 0 Å². The second kappa shape index (κ2) is 8.81. The summed E-state index contributed by atoms with van der Waals surface area (Å²) in [7, 11) is 0. The number of hydrogen-bond acceptors (Lipinski definition) is 5. The Morgan fingerprint density at radius 1 is 0.938 bits per heavy atom. The van der Waals surface area contributed by atoms with E-state index in [0.29, 0.717) is 0 Å². The van der Waals surface area contributed by atoms with Crippen molar-refractivity contribution in [3.05, 3.63) is 82.7 Å². The van der Waals surface area contributed by atoms with Gasteiger partial charge < -0.3 is 11.1 Å². The highest BCUT2D eigenvalue weighted by Crippen LogP contribution is 2.32. The first-order valence-corrected chi connectivity index (χ1v) is 9.00. The number of primary amides is 1. The summed E-state index contributed by atoms with van der Waals surface area (Å²) in [4.78, 5) is 23.3. The smallest absolute Gasteiger partial charge is 0.380 e. The quantitative estimate of drug-likeness (QED) is 0.543. The van der Waals surface area contributed by atoms with Gasteiger partial charge >= 0.3 is 12.4 Å². The number of carbonyl (C=O) groups excluding carboxylic acids is 1. The molecule has 0 atom stereocenters. The topological polar surface area (TPSA) is 93.8 Å². The van der Waals surface area contributed by atoms with Crippen molar-refractivity contribution in [1.29, 1.82) is 0 Å². The molecule has 0 bridgehead atoms. The number of anilines is 1. The van der Waals surface area contributed by atoms with Crippen molar-refractivity contribution in [2.24, 2.45) is 5.73 Å². The Morgan fingerprint density at radius 3 is 2.31 bits per heavy atom. The molecular formula is C20H15F6N5O. The molecule has 32 heavy (non-hydrogen) atoms. The summed E-state index contributed by atoms with van der Waals surface area (Å²) >= 11 is 0. The summed E-state index contributed by atoms with van der Waals surface area (Å²) in [6.45, 7) is -0.339. The van der Waals surface area contributed by atoms with E-state index in [9.17, 15) is 31.1 Å². The predicted molar refractivity (Wildman–Crippen MR) is 101 cm³/mol. The van der Waals surface area contributed by atoms with E-state index in [1.807, 2.05) is 0 Å². The minimum absolute atomic E-state index is 0.0664. The van der Waals surface area contributed by atoms with Crippen LogP contribution < -0.4 is 11.1 Å². The molecule has 0 saturated heterocycles. The van der Waals surface area contributed by atoms with Gasteiger partial charge in [0.05, 0.1) is 22.4 Å². The largest absolute Gasteiger partial charge is 0.416 e. The maximum Gasteiger partial charge on any atom is 0.416 e. The number of hydrogen-bond donors (Lipinski definition) is 2. The van der Waals surface area contributed by atoms with Crippen LogP contribution in [-0.4, -0.2) is 20.9 Å². The van der Waals surface area contributed by atoms with E-state index >= 15 is 0 Å². The number of pyridine rings is 3. The summed E-state index contributed by atoms with van der Waals surface area (Å²) in [5.41, 5.74) is 3.62. The summed E-state index contributed by atoms with van der Waals surface area (Å²) in [5, 5.41) is 2.70. The zero-order chi connectivity index (χ0) is 23.5. The molecule has 0 aliphatic heterocycles. The fraction of sp³-hybridized carbons (Fsp3) is 0.200. The first-order valence-electron chi connectivity index (χ1n) is 9.00. The van der Waals surface area contributed by atoms with E-state index in [0.717, 1.165) is 43.0 Å². The number of halogens is 6. The van der Waals surface area contributed by atoms with Crippen molar-refractivity contribution in [2.45, 2.75) is 25.3 Å². The van der Waals surface area contributed by atoms with Crippen LogP contribution >= 0.6 is 0 Å². The molecule has 0 spiro atoms. The van der Waals surface area contributed by atoms with Crippen molar-refractivity contribution < 1.29 is 31.1 Å². The third-order valence-corrected chi connectivity index (χ3v) is 4.41. The number of nitrogens with one attached hydrogen (secondary N) is 1. The molecule has 0 radical (unpaired) electrons. The molecule has 0 aliphatic carbocycles. The lowest BCUT2D eigenvalue weighted by atomic mass is 10.1. The standard InChI is InChI=1S/C20H15F6N5O/c21-19(22,23)12-1-4-29-13(5-12)6-14-7-17(15(10-30-14)18(27)32)31-9-11-8-28-3-2-16(11)20(24,25)26/h1-5,7-8,10H,6,9H2,(H2,27,32)(H,30,31). The lowest BCUT2D eigenvalue weighted by Crippen LogP contribution is -2.17. The number of nitrogens with two attached hydrogens (primary N) is 1. The molecule has 3 heterocycles. The van der Waals surface area contributed by atoms with E-state index in [-0.39, 0.29) is 41.2 Å². The van der Waals surface area contributed by atoms with Gasteiger partial charge in [0.25, 0.3) is 5.91 Å². The molecule has 3 N–H and O–H groups in total. The van der Waals surface area contributed by atoms with Crippen molar-refractivity contribution in [1.82, 2.24) is 15.0 Å². The zero-order valence-electron chi connectivity index (χ0n) is 16.1. The number of aromatic nitrogens is 3. The first-order chi connectivity index (χ1) is 14.9. The fourth-order valence-electron chi connectivity index (χ4n) is 2.91. The Kier molecular flexibility index (Phi) is 6.32. The van der Waals surface area contributed by atoms with Crippen LogP contribution in [0.15, 0.2) is 49.1 Å². The van der Waals surface area contributed by atoms with E-state index < -0.39 is 29.4 Å². The molecule has 0 saturated carbocycles. The van der Waals surface area contributed by atoms with Crippen LogP contribution in [0.25, 0.3) is 0 Å². The fourth-order valence-corrected chi connectivity index (χ4v) is 2.91. The maximum absolute atomic E-state index is 13.2. The molecule has 0 aliphatic rings. The lowest BCUT2D eigenvalue weighted by molar-refractivity contribution is -0.138. The van der Waals surface area contributed by atoms with Crippen LogP contribution in [0.4, 0.5) is 32.0 Å². The van der Waals surface area contributed by atoms with Gasteiger partial charge in [0.15, 0.2) is 0 Å². The first kappa shape index (κ1) is 23.0. The Bertz CT molecular complexity index is 1130. The van der Waals surface area contributed by atoms with E-state index in [4.69, 9.17) is 5.73 Å². The van der Waals surface area contributed by atoms with Gasteiger partial charge in [-0.05, 0) is 24.3 Å². The molecule has 12 heteroatoms. The van der Waals surface area contributed by atoms with Crippen LogP contribution in [0.1, 0.15) is 38.4 Å². The number of alkyl halides is 6. The van der Waals surface area contributed by atoms with Gasteiger partial charge in [-0.25, -0.2) is 0 Å². The summed E-state index contributed by atoms with van der Waals surface area (Å²) in [5.74, 6) is -0.883. The molecule has 3 rings (SSSR count). The van der Waals surface area contributed by atoms with Gasteiger partial charge in [0, 0.05) is 54.7 Å². The van der Waals surface area contributed by atoms with Gasteiger partial charge in [-0.15, -0.1) is 0 Å². The molecule has 3 aromatic rings. The van der Waals surface area contributed by atoms with E-state index in [1.54, 1.807) is 0 Å². The summed E-state index contributed by atoms with van der Waals surface area (Å²) in [6, 6.07) is 3.84. The predicted octanol–water partition coefficient (Wildman–Crippen LogP) is 4.21. The van der Waals surface area contributed by atoms with Crippen molar-refractivity contribution in [2.75, 3.05) is 5.32 Å². The van der Waals surface area contributed by atoms with Gasteiger partial charge in [-0.2, -0.15) is 26.3 Å². The van der Waals surface area contributed by atoms with Crippen molar-refractivity contribution >= 4 is 11.6 Å². The minimum Gasteiger partial charge on any atom is -0.380 e. The Labute approximate surface area is 177 Å². The third kappa shape index (κ3) is 5.50. The van der Waals surface area contributed by atoms with Crippen LogP contribution in [0, 0.1) is 0 Å². The molecule has 168 valence electrons. The monoisotopic (exact) mass is 455 g/mol. The van der Waals surface area contributed by atoms with Crippen molar-refractivity contribution in [3.8, 4) is 0 Å². The summed E-state index contributed by atoms with van der Waals surface area (Å²) < 4.78 is 78.2. The molecule has 6 nitrogen and oxygen atoms in total. The average molecular weight is 455 g/mol. The van der Waals surface area contributed by atoms with Crippen LogP contribution in [0.2, 0.25) is 0 Å². The van der Waals surface area contributed by atoms with Crippen LogP contribution in [-0.2, 0) is 25.3 Å². The molecule has 0 fully saturated rings. The highest BCUT2D eigenvalue weighted by atomic mass is 19.4. The lowest BCUT2D eigenvalue weighted by Gasteiger charge is -2.15. The SMILES string of the molecule is NC(=O)c1cnc(Cc2cc(C(F)(F)F)ccn2)cc1NCc1cnccc1C(F)(F)F. The molecule has 3 aromatic heterocycles. The highest BCUT2D eigenvalue weighted by molar-refractivity contribution is 5.98. The Balaban J connectivity index is 1.87. The summed E-state index contributed by atoms with van der Waals surface area (Å²) in [6.07, 6.45) is -5.11. The molecule has 0 unspecified atom stereocenters. The highest BCUT2D eigenvalue weighted by Gasteiger charge is 2.33. The van der Waals surface area contributed by atoms with Gasteiger partial charge in [-0.1, -0.05) is 0 Å². The number of rotatable bonds is 6. The maximum atomic E-state index is 13.2. The Hall–Kier alpha value is -3.70. The van der Waals surface area contributed by atoms with Crippen LogP contribution in [0.3, 0.4) is 0 Å². The van der Waals surface area contributed by atoms with Crippen molar-refractivity contribution in [3.63, 3.8) is 0 Å².